The normalized spacial score (nSPS) is 10.4. The maximum Gasteiger partial charge on any atom is 0.488 e. The minimum atomic E-state index is -1.52. The zero-order valence-corrected chi connectivity index (χ0v) is 11.6. The summed E-state index contributed by atoms with van der Waals surface area (Å²) in [6.07, 6.45) is 0. The first kappa shape index (κ1) is 14.8. The van der Waals surface area contributed by atoms with Crippen molar-refractivity contribution in [3.05, 3.63) is 58.4 Å². The average molecular weight is 295 g/mol. The smallest absolute Gasteiger partial charge is 0.488 e. The largest absolute Gasteiger partial charge is 0.489 e. The molecule has 6 heteroatoms. The molecule has 0 aliphatic carbocycles. The van der Waals surface area contributed by atoms with Crippen LogP contribution in [0, 0.1) is 12.7 Å². The highest BCUT2D eigenvalue weighted by Crippen LogP contribution is 2.18. The van der Waals surface area contributed by atoms with Gasteiger partial charge in [-0.05, 0) is 42.2 Å². The van der Waals surface area contributed by atoms with E-state index < -0.39 is 12.9 Å². The molecular weight excluding hydrogens is 281 g/mol. The van der Waals surface area contributed by atoms with Crippen molar-refractivity contribution in [3.8, 4) is 5.75 Å². The number of benzene rings is 2. The Kier molecular flexibility index (Phi) is 4.65. The van der Waals surface area contributed by atoms with Gasteiger partial charge in [0.05, 0.1) is 0 Å². The Labute approximate surface area is 121 Å². The van der Waals surface area contributed by atoms with Crippen LogP contribution in [0.15, 0.2) is 36.4 Å². The summed E-state index contributed by atoms with van der Waals surface area (Å²) in [4.78, 5) is 0. The SMILES string of the molecule is Cc1cc(OCc2ccc(Cl)cc2F)ccc1B(O)O. The molecule has 0 unspecified atom stereocenters. The van der Waals surface area contributed by atoms with Crippen LogP contribution in [-0.4, -0.2) is 17.2 Å². The predicted molar refractivity (Wildman–Crippen MR) is 76.7 cm³/mol. The molecule has 2 aromatic rings. The molecule has 0 spiro atoms. The lowest BCUT2D eigenvalue weighted by molar-refractivity contribution is 0.299. The summed E-state index contributed by atoms with van der Waals surface area (Å²) in [5.74, 6) is 0.109. The summed E-state index contributed by atoms with van der Waals surface area (Å²) in [5.41, 5.74) is 1.50. The van der Waals surface area contributed by atoms with Gasteiger partial charge < -0.3 is 14.8 Å². The molecule has 104 valence electrons. The van der Waals surface area contributed by atoms with E-state index in [0.717, 1.165) is 0 Å². The van der Waals surface area contributed by atoms with Crippen LogP contribution in [0.1, 0.15) is 11.1 Å². The highest BCUT2D eigenvalue weighted by molar-refractivity contribution is 6.59. The molecule has 3 nitrogen and oxygen atoms in total. The maximum absolute atomic E-state index is 13.6. The first-order valence-electron chi connectivity index (χ1n) is 6.01. The van der Waals surface area contributed by atoms with E-state index in [1.165, 1.54) is 6.07 Å². The Balaban J connectivity index is 2.09. The number of aryl methyl sites for hydroxylation is 1. The molecular formula is C14H13BClFO3. The third-order valence-corrected chi connectivity index (χ3v) is 3.16. The summed E-state index contributed by atoms with van der Waals surface area (Å²) in [6, 6.07) is 9.23. The quantitative estimate of drug-likeness (QED) is 0.849. The molecule has 2 aromatic carbocycles. The van der Waals surface area contributed by atoms with Gasteiger partial charge in [-0.25, -0.2) is 4.39 Å². The molecule has 0 amide bonds. The van der Waals surface area contributed by atoms with Gasteiger partial charge >= 0.3 is 7.12 Å². The Morgan fingerprint density at radius 2 is 1.95 bits per heavy atom. The third kappa shape index (κ3) is 3.51. The van der Waals surface area contributed by atoms with Crippen LogP contribution in [0.25, 0.3) is 0 Å². The molecule has 0 bridgehead atoms. The van der Waals surface area contributed by atoms with Crippen molar-refractivity contribution < 1.29 is 19.2 Å². The molecule has 0 aliphatic heterocycles. The van der Waals surface area contributed by atoms with Crippen LogP contribution in [0.2, 0.25) is 5.02 Å². The Morgan fingerprint density at radius 3 is 2.55 bits per heavy atom. The van der Waals surface area contributed by atoms with E-state index in [4.69, 9.17) is 26.4 Å². The molecule has 2 N–H and O–H groups in total. The van der Waals surface area contributed by atoms with Gasteiger partial charge in [0.15, 0.2) is 0 Å². The molecule has 0 radical (unpaired) electrons. The zero-order chi connectivity index (χ0) is 14.7. The minimum Gasteiger partial charge on any atom is -0.489 e. The molecule has 2 rings (SSSR count). The number of hydrogen-bond donors (Lipinski definition) is 2. The summed E-state index contributed by atoms with van der Waals surface area (Å²) in [6.45, 7) is 1.81. The number of halogens is 2. The lowest BCUT2D eigenvalue weighted by Gasteiger charge is -2.10. The molecule has 0 saturated heterocycles. The second-order valence-corrected chi connectivity index (χ2v) is 4.85. The van der Waals surface area contributed by atoms with Gasteiger partial charge in [0, 0.05) is 10.6 Å². The summed E-state index contributed by atoms with van der Waals surface area (Å²) in [7, 11) is -1.52. The molecule has 0 fully saturated rings. The second kappa shape index (κ2) is 6.26. The first-order chi connectivity index (χ1) is 9.47. The highest BCUT2D eigenvalue weighted by atomic mass is 35.5. The van der Waals surface area contributed by atoms with E-state index in [-0.39, 0.29) is 6.61 Å². The van der Waals surface area contributed by atoms with Crippen molar-refractivity contribution in [2.45, 2.75) is 13.5 Å². The van der Waals surface area contributed by atoms with Crippen molar-refractivity contribution >= 4 is 24.2 Å². The van der Waals surface area contributed by atoms with E-state index in [0.29, 0.717) is 27.4 Å². The molecule has 0 saturated carbocycles. The van der Waals surface area contributed by atoms with Crippen molar-refractivity contribution in [1.82, 2.24) is 0 Å². The van der Waals surface area contributed by atoms with Gasteiger partial charge in [0.25, 0.3) is 0 Å². The second-order valence-electron chi connectivity index (χ2n) is 4.42. The number of rotatable bonds is 4. The van der Waals surface area contributed by atoms with Gasteiger partial charge in [-0.15, -0.1) is 0 Å². The Hall–Kier alpha value is -1.56. The first-order valence-corrected chi connectivity index (χ1v) is 6.38. The van der Waals surface area contributed by atoms with Crippen LogP contribution in [0.3, 0.4) is 0 Å². The fourth-order valence-electron chi connectivity index (χ4n) is 1.83. The highest BCUT2D eigenvalue weighted by Gasteiger charge is 2.14. The molecule has 0 aromatic heterocycles. The fourth-order valence-corrected chi connectivity index (χ4v) is 1.99. The Bertz CT molecular complexity index is 619. The van der Waals surface area contributed by atoms with Crippen LogP contribution in [-0.2, 0) is 6.61 Å². The van der Waals surface area contributed by atoms with Crippen molar-refractivity contribution in [1.29, 1.82) is 0 Å². The van der Waals surface area contributed by atoms with E-state index in [9.17, 15) is 4.39 Å². The van der Waals surface area contributed by atoms with E-state index in [1.807, 2.05) is 0 Å². The van der Waals surface area contributed by atoms with Crippen LogP contribution < -0.4 is 10.2 Å². The van der Waals surface area contributed by atoms with Gasteiger partial charge in [0.1, 0.15) is 18.2 Å². The Morgan fingerprint density at radius 1 is 1.20 bits per heavy atom. The summed E-state index contributed by atoms with van der Waals surface area (Å²) in [5, 5.41) is 18.6. The van der Waals surface area contributed by atoms with Crippen molar-refractivity contribution in [2.24, 2.45) is 0 Å². The lowest BCUT2D eigenvalue weighted by atomic mass is 9.77. The van der Waals surface area contributed by atoms with E-state index in [2.05, 4.69) is 0 Å². The third-order valence-electron chi connectivity index (χ3n) is 2.93. The van der Waals surface area contributed by atoms with Gasteiger partial charge in [-0.2, -0.15) is 0 Å². The van der Waals surface area contributed by atoms with E-state index in [1.54, 1.807) is 37.3 Å². The van der Waals surface area contributed by atoms with Crippen molar-refractivity contribution in [2.75, 3.05) is 0 Å². The molecule has 20 heavy (non-hydrogen) atoms. The summed E-state index contributed by atoms with van der Waals surface area (Å²) >= 11 is 5.67. The van der Waals surface area contributed by atoms with E-state index >= 15 is 0 Å². The average Bonchev–Trinajstić information content (AvgIpc) is 2.37. The number of hydrogen-bond acceptors (Lipinski definition) is 3. The maximum atomic E-state index is 13.6. The predicted octanol–water partition coefficient (Wildman–Crippen LogP) is 2.05. The topological polar surface area (TPSA) is 49.7 Å². The standard InChI is InChI=1S/C14H13BClFO3/c1-9-6-12(4-5-13(9)15(18)19)20-8-10-2-3-11(16)7-14(10)17/h2-7,18-19H,8H2,1H3. The van der Waals surface area contributed by atoms with Gasteiger partial charge in [0.2, 0.25) is 0 Å². The summed E-state index contributed by atoms with van der Waals surface area (Å²) < 4.78 is 19.1. The molecule has 0 heterocycles. The van der Waals surface area contributed by atoms with Crippen LogP contribution >= 0.6 is 11.6 Å². The van der Waals surface area contributed by atoms with Crippen LogP contribution in [0.4, 0.5) is 4.39 Å². The monoisotopic (exact) mass is 294 g/mol. The lowest BCUT2D eigenvalue weighted by Crippen LogP contribution is -2.31. The zero-order valence-electron chi connectivity index (χ0n) is 10.8. The van der Waals surface area contributed by atoms with Crippen LogP contribution in [0.5, 0.6) is 5.75 Å². The molecule has 0 atom stereocenters. The number of ether oxygens (including phenoxy) is 1. The van der Waals surface area contributed by atoms with Crippen molar-refractivity contribution in [3.63, 3.8) is 0 Å². The van der Waals surface area contributed by atoms with Gasteiger partial charge in [-0.3, -0.25) is 0 Å². The minimum absolute atomic E-state index is 0.0729. The van der Waals surface area contributed by atoms with Gasteiger partial charge in [-0.1, -0.05) is 23.7 Å². The molecule has 0 aliphatic rings. The fraction of sp³-hybridized carbons (Fsp3) is 0.143.